The van der Waals surface area contributed by atoms with Crippen LogP contribution in [0.25, 0.3) is 0 Å². The van der Waals surface area contributed by atoms with Crippen molar-refractivity contribution < 1.29 is 4.74 Å². The lowest BCUT2D eigenvalue weighted by molar-refractivity contribution is 0.398. The summed E-state index contributed by atoms with van der Waals surface area (Å²) in [5, 5.41) is 3.28. The van der Waals surface area contributed by atoms with Gasteiger partial charge in [-0.15, -0.1) is 0 Å². The van der Waals surface area contributed by atoms with Gasteiger partial charge in [0.2, 0.25) is 5.88 Å². The zero-order valence-electron chi connectivity index (χ0n) is 9.16. The summed E-state index contributed by atoms with van der Waals surface area (Å²) in [5.74, 6) is 1.58. The lowest BCUT2D eigenvalue weighted by Crippen LogP contribution is -2.35. The minimum atomic E-state index is 0.626. The zero-order valence-corrected chi connectivity index (χ0v) is 9.16. The first-order valence-electron chi connectivity index (χ1n) is 5.24. The molecule has 0 radical (unpaired) electrons. The highest BCUT2D eigenvalue weighted by atomic mass is 16.5. The molecule has 0 spiro atoms. The Bertz CT molecular complexity index is 342. The molecule has 2 heterocycles. The monoisotopic (exact) mass is 208 g/mol. The van der Waals surface area contributed by atoms with E-state index in [2.05, 4.69) is 27.1 Å². The molecule has 1 N–H and O–H groups in total. The van der Waals surface area contributed by atoms with E-state index in [1.54, 1.807) is 13.4 Å². The van der Waals surface area contributed by atoms with Gasteiger partial charge in [0.05, 0.1) is 7.11 Å². The molecule has 1 aliphatic rings. The maximum Gasteiger partial charge on any atom is 0.242 e. The number of fused-ring (bicyclic) bond motifs is 1. The Morgan fingerprint density at radius 3 is 3.13 bits per heavy atom. The quantitative estimate of drug-likeness (QED) is 0.807. The topological polar surface area (TPSA) is 50.3 Å². The van der Waals surface area contributed by atoms with Gasteiger partial charge in [-0.05, 0) is 6.42 Å². The van der Waals surface area contributed by atoms with Gasteiger partial charge in [0.1, 0.15) is 12.0 Å². The Morgan fingerprint density at radius 2 is 2.40 bits per heavy atom. The number of anilines is 2. The lowest BCUT2D eigenvalue weighted by atomic mass is 10.3. The molecule has 5 heteroatoms. The Hall–Kier alpha value is -1.52. The van der Waals surface area contributed by atoms with Crippen LogP contribution in [0, 0.1) is 0 Å². The van der Waals surface area contributed by atoms with Crippen LogP contribution in [0.15, 0.2) is 6.33 Å². The van der Waals surface area contributed by atoms with Crippen molar-refractivity contribution in [2.45, 2.75) is 13.3 Å². The van der Waals surface area contributed by atoms with E-state index in [1.807, 2.05) is 0 Å². The summed E-state index contributed by atoms with van der Waals surface area (Å²) in [4.78, 5) is 10.6. The van der Waals surface area contributed by atoms with Gasteiger partial charge in [0.25, 0.3) is 0 Å². The van der Waals surface area contributed by atoms with Crippen molar-refractivity contribution in [3.8, 4) is 5.88 Å². The molecular formula is C10H16N4O. The van der Waals surface area contributed by atoms with E-state index in [0.717, 1.165) is 37.6 Å². The first-order valence-corrected chi connectivity index (χ1v) is 5.24. The summed E-state index contributed by atoms with van der Waals surface area (Å²) in [6.45, 7) is 5.09. The fourth-order valence-corrected chi connectivity index (χ4v) is 1.82. The normalized spacial score (nSPS) is 14.4. The van der Waals surface area contributed by atoms with E-state index in [-0.39, 0.29) is 0 Å². The Balaban J connectivity index is 2.35. The minimum Gasteiger partial charge on any atom is -0.479 e. The number of ether oxygens (including phenoxy) is 1. The second-order valence-electron chi connectivity index (χ2n) is 3.50. The largest absolute Gasteiger partial charge is 0.479 e. The van der Waals surface area contributed by atoms with E-state index in [4.69, 9.17) is 4.74 Å². The summed E-state index contributed by atoms with van der Waals surface area (Å²) >= 11 is 0. The highest BCUT2D eigenvalue weighted by Crippen LogP contribution is 2.32. The van der Waals surface area contributed by atoms with Crippen molar-refractivity contribution in [3.63, 3.8) is 0 Å². The average Bonchev–Trinajstić information content (AvgIpc) is 2.29. The number of nitrogens with one attached hydrogen (secondary N) is 1. The van der Waals surface area contributed by atoms with Crippen molar-refractivity contribution in [2.75, 3.05) is 37.0 Å². The van der Waals surface area contributed by atoms with Crippen LogP contribution in [-0.2, 0) is 0 Å². The van der Waals surface area contributed by atoms with Crippen LogP contribution in [-0.4, -0.2) is 36.7 Å². The van der Waals surface area contributed by atoms with Gasteiger partial charge in [-0.1, -0.05) is 6.92 Å². The predicted molar refractivity (Wildman–Crippen MR) is 59.6 cm³/mol. The maximum atomic E-state index is 5.20. The number of rotatable bonds is 3. The Kier molecular flexibility index (Phi) is 2.89. The summed E-state index contributed by atoms with van der Waals surface area (Å²) < 4.78 is 5.20. The van der Waals surface area contributed by atoms with Crippen LogP contribution in [0.1, 0.15) is 13.3 Å². The molecule has 15 heavy (non-hydrogen) atoms. The third-order valence-electron chi connectivity index (χ3n) is 2.46. The Labute approximate surface area is 89.5 Å². The van der Waals surface area contributed by atoms with Gasteiger partial charge >= 0.3 is 0 Å². The van der Waals surface area contributed by atoms with Crippen molar-refractivity contribution in [3.05, 3.63) is 6.33 Å². The molecule has 0 unspecified atom stereocenters. The molecule has 1 aromatic rings. The summed E-state index contributed by atoms with van der Waals surface area (Å²) in [5.41, 5.74) is 0.916. The van der Waals surface area contributed by atoms with Gasteiger partial charge in [-0.3, -0.25) is 0 Å². The molecule has 1 aromatic heterocycles. The van der Waals surface area contributed by atoms with Crippen molar-refractivity contribution >= 4 is 11.5 Å². The molecule has 0 fully saturated rings. The smallest absolute Gasteiger partial charge is 0.242 e. The zero-order chi connectivity index (χ0) is 10.7. The van der Waals surface area contributed by atoms with E-state index >= 15 is 0 Å². The summed E-state index contributed by atoms with van der Waals surface area (Å²) in [7, 11) is 1.63. The maximum absolute atomic E-state index is 5.20. The van der Waals surface area contributed by atoms with Gasteiger partial charge in [0.15, 0.2) is 5.82 Å². The molecule has 5 nitrogen and oxygen atoms in total. The molecular weight excluding hydrogens is 192 g/mol. The molecule has 0 aromatic carbocycles. The Morgan fingerprint density at radius 1 is 1.53 bits per heavy atom. The SMILES string of the molecule is CCCN1CCNc2c(OC)ncnc21. The lowest BCUT2D eigenvalue weighted by Gasteiger charge is -2.30. The van der Waals surface area contributed by atoms with Crippen LogP contribution >= 0.6 is 0 Å². The number of aromatic nitrogens is 2. The first kappa shape index (κ1) is 10.0. The summed E-state index contributed by atoms with van der Waals surface area (Å²) in [6, 6.07) is 0. The standard InChI is InChI=1S/C10H16N4O/c1-3-5-14-6-4-11-8-9(14)12-7-13-10(8)15-2/h7,11H,3-6H2,1-2H3. The van der Waals surface area contributed by atoms with Crippen molar-refractivity contribution in [1.29, 1.82) is 0 Å². The minimum absolute atomic E-state index is 0.626. The first-order chi connectivity index (χ1) is 7.36. The molecule has 0 saturated heterocycles. The molecule has 82 valence electrons. The number of hydrogen-bond acceptors (Lipinski definition) is 5. The fourth-order valence-electron chi connectivity index (χ4n) is 1.82. The van der Waals surface area contributed by atoms with Crippen molar-refractivity contribution in [2.24, 2.45) is 0 Å². The second-order valence-corrected chi connectivity index (χ2v) is 3.50. The molecule has 0 atom stereocenters. The number of methoxy groups -OCH3 is 1. The average molecular weight is 208 g/mol. The van der Waals surface area contributed by atoms with Gasteiger partial charge < -0.3 is 15.0 Å². The fraction of sp³-hybridized carbons (Fsp3) is 0.600. The van der Waals surface area contributed by atoms with Gasteiger partial charge in [-0.25, -0.2) is 4.98 Å². The van der Waals surface area contributed by atoms with E-state index in [9.17, 15) is 0 Å². The van der Waals surface area contributed by atoms with Gasteiger partial charge in [0, 0.05) is 19.6 Å². The predicted octanol–water partition coefficient (Wildman–Crippen LogP) is 1.13. The molecule has 0 aliphatic carbocycles. The molecule has 1 aliphatic heterocycles. The molecule has 0 bridgehead atoms. The third-order valence-corrected chi connectivity index (χ3v) is 2.46. The summed E-state index contributed by atoms with van der Waals surface area (Å²) in [6.07, 6.45) is 2.67. The van der Waals surface area contributed by atoms with Crippen LogP contribution in [0.3, 0.4) is 0 Å². The van der Waals surface area contributed by atoms with E-state index in [0.29, 0.717) is 5.88 Å². The molecule has 0 amide bonds. The molecule has 0 saturated carbocycles. The van der Waals surface area contributed by atoms with Crippen LogP contribution in [0.2, 0.25) is 0 Å². The van der Waals surface area contributed by atoms with Crippen LogP contribution < -0.4 is 15.0 Å². The van der Waals surface area contributed by atoms with Crippen LogP contribution in [0.4, 0.5) is 11.5 Å². The van der Waals surface area contributed by atoms with E-state index < -0.39 is 0 Å². The number of hydrogen-bond donors (Lipinski definition) is 1. The van der Waals surface area contributed by atoms with Crippen molar-refractivity contribution in [1.82, 2.24) is 9.97 Å². The highest BCUT2D eigenvalue weighted by Gasteiger charge is 2.21. The van der Waals surface area contributed by atoms with Crippen LogP contribution in [0.5, 0.6) is 5.88 Å². The third kappa shape index (κ3) is 1.82. The van der Waals surface area contributed by atoms with E-state index in [1.165, 1.54) is 0 Å². The molecule has 2 rings (SSSR count). The highest BCUT2D eigenvalue weighted by molar-refractivity contribution is 5.72. The van der Waals surface area contributed by atoms with Gasteiger partial charge in [-0.2, -0.15) is 4.98 Å². The number of nitrogens with zero attached hydrogens (tertiary/aromatic N) is 3. The second kappa shape index (κ2) is 4.33.